The lowest BCUT2D eigenvalue weighted by Crippen LogP contribution is -2.32. The van der Waals surface area contributed by atoms with Gasteiger partial charge in [0.1, 0.15) is 0 Å². The van der Waals surface area contributed by atoms with Crippen LogP contribution in [0.1, 0.15) is 13.3 Å². The summed E-state index contributed by atoms with van der Waals surface area (Å²) in [6.07, 6.45) is 5.11. The summed E-state index contributed by atoms with van der Waals surface area (Å²) < 4.78 is 5.57. The smallest absolute Gasteiger partial charge is 0.305 e. The van der Waals surface area contributed by atoms with Crippen LogP contribution >= 0.6 is 15.9 Å². The molecule has 0 aromatic carbocycles. The highest BCUT2D eigenvalue weighted by atomic mass is 79.9. The second-order valence-electron chi connectivity index (χ2n) is 2.56. The highest BCUT2D eigenvalue weighted by Crippen LogP contribution is 2.24. The SMILES string of the molecule is CC(=O)O[C@@]1(O)C=CC(Br)=CC1. The van der Waals surface area contributed by atoms with Crippen LogP contribution in [0.15, 0.2) is 22.7 Å². The van der Waals surface area contributed by atoms with Crippen molar-refractivity contribution in [3.63, 3.8) is 0 Å². The number of carbonyl (C=O) groups is 1. The quantitative estimate of drug-likeness (QED) is 0.551. The van der Waals surface area contributed by atoms with Crippen molar-refractivity contribution in [3.05, 3.63) is 22.7 Å². The van der Waals surface area contributed by atoms with Crippen molar-refractivity contribution in [2.45, 2.75) is 19.1 Å². The van der Waals surface area contributed by atoms with E-state index < -0.39 is 11.8 Å². The number of esters is 1. The molecule has 3 nitrogen and oxygen atoms in total. The molecule has 0 spiro atoms. The van der Waals surface area contributed by atoms with E-state index in [4.69, 9.17) is 4.74 Å². The fraction of sp³-hybridized carbons (Fsp3) is 0.375. The molecule has 0 aromatic rings. The number of aliphatic hydroxyl groups is 1. The van der Waals surface area contributed by atoms with E-state index in [1.807, 2.05) is 0 Å². The average Bonchev–Trinajstić information content (AvgIpc) is 1.94. The lowest BCUT2D eigenvalue weighted by atomic mass is 10.1. The maximum absolute atomic E-state index is 10.6. The molecule has 0 amide bonds. The summed E-state index contributed by atoms with van der Waals surface area (Å²) in [6.45, 7) is 1.26. The minimum absolute atomic E-state index is 0.281. The van der Waals surface area contributed by atoms with Gasteiger partial charge in [-0.1, -0.05) is 22.0 Å². The fourth-order valence-corrected chi connectivity index (χ4v) is 1.21. The van der Waals surface area contributed by atoms with Crippen LogP contribution in [-0.4, -0.2) is 16.9 Å². The Balaban J connectivity index is 2.65. The summed E-state index contributed by atoms with van der Waals surface area (Å²) in [5.74, 6) is -1.95. The molecular formula is C8H9BrO3. The summed E-state index contributed by atoms with van der Waals surface area (Å²) in [4.78, 5) is 10.6. The van der Waals surface area contributed by atoms with Crippen molar-refractivity contribution in [3.8, 4) is 0 Å². The number of halogens is 1. The van der Waals surface area contributed by atoms with Gasteiger partial charge in [-0.3, -0.25) is 4.79 Å². The van der Waals surface area contributed by atoms with Gasteiger partial charge in [0.15, 0.2) is 0 Å². The molecule has 4 heteroatoms. The zero-order valence-corrected chi connectivity index (χ0v) is 8.17. The zero-order valence-electron chi connectivity index (χ0n) is 6.58. The second kappa shape index (κ2) is 3.41. The number of hydrogen-bond acceptors (Lipinski definition) is 3. The van der Waals surface area contributed by atoms with Gasteiger partial charge in [0.05, 0.1) is 0 Å². The van der Waals surface area contributed by atoms with E-state index in [0.717, 1.165) is 4.48 Å². The maximum atomic E-state index is 10.6. The van der Waals surface area contributed by atoms with Gasteiger partial charge in [0.25, 0.3) is 0 Å². The molecule has 0 bridgehead atoms. The largest absolute Gasteiger partial charge is 0.429 e. The normalized spacial score (nSPS) is 28.1. The Hall–Kier alpha value is -0.610. The van der Waals surface area contributed by atoms with E-state index >= 15 is 0 Å². The Morgan fingerprint density at radius 3 is 2.92 bits per heavy atom. The molecule has 0 heterocycles. The van der Waals surface area contributed by atoms with Crippen LogP contribution in [-0.2, 0) is 9.53 Å². The molecule has 0 saturated carbocycles. The molecule has 1 atom stereocenters. The third-order valence-corrected chi connectivity index (χ3v) is 2.00. The van der Waals surface area contributed by atoms with Crippen molar-refractivity contribution < 1.29 is 14.6 Å². The molecule has 66 valence electrons. The fourth-order valence-electron chi connectivity index (χ4n) is 0.914. The molecule has 1 N–H and O–H groups in total. The van der Waals surface area contributed by atoms with E-state index in [9.17, 15) is 9.90 Å². The predicted molar refractivity (Wildman–Crippen MR) is 47.5 cm³/mol. The monoisotopic (exact) mass is 232 g/mol. The summed E-state index contributed by atoms with van der Waals surface area (Å²) in [7, 11) is 0. The maximum Gasteiger partial charge on any atom is 0.305 e. The third kappa shape index (κ3) is 2.46. The Morgan fingerprint density at radius 2 is 2.50 bits per heavy atom. The molecule has 0 saturated heterocycles. The van der Waals surface area contributed by atoms with Crippen LogP contribution in [0, 0.1) is 0 Å². The zero-order chi connectivity index (χ0) is 9.19. The van der Waals surface area contributed by atoms with E-state index in [0.29, 0.717) is 0 Å². The van der Waals surface area contributed by atoms with E-state index in [2.05, 4.69) is 15.9 Å². The first kappa shape index (κ1) is 9.48. The van der Waals surface area contributed by atoms with E-state index in [1.54, 1.807) is 12.2 Å². The summed E-state index contributed by atoms with van der Waals surface area (Å²) in [5, 5.41) is 9.56. The lowest BCUT2D eigenvalue weighted by molar-refractivity contribution is -0.187. The van der Waals surface area contributed by atoms with Crippen molar-refractivity contribution in [2.75, 3.05) is 0 Å². The van der Waals surface area contributed by atoms with Crippen LogP contribution in [0.3, 0.4) is 0 Å². The van der Waals surface area contributed by atoms with Crippen LogP contribution < -0.4 is 0 Å². The average molecular weight is 233 g/mol. The van der Waals surface area contributed by atoms with Crippen LogP contribution in [0.25, 0.3) is 0 Å². The van der Waals surface area contributed by atoms with Gasteiger partial charge < -0.3 is 9.84 Å². The summed E-state index contributed by atoms with van der Waals surface area (Å²) >= 11 is 3.23. The Kier molecular flexibility index (Phi) is 2.69. The summed E-state index contributed by atoms with van der Waals surface area (Å²) in [5.41, 5.74) is 0. The van der Waals surface area contributed by atoms with Crippen LogP contribution in [0.2, 0.25) is 0 Å². The Labute approximate surface area is 78.8 Å². The molecule has 1 aliphatic carbocycles. The first-order valence-electron chi connectivity index (χ1n) is 3.49. The van der Waals surface area contributed by atoms with Gasteiger partial charge in [0, 0.05) is 17.8 Å². The molecular weight excluding hydrogens is 224 g/mol. The number of ether oxygens (including phenoxy) is 1. The predicted octanol–water partition coefficient (Wildman–Crippen LogP) is 1.48. The highest BCUT2D eigenvalue weighted by Gasteiger charge is 2.27. The number of allylic oxidation sites excluding steroid dienone is 2. The van der Waals surface area contributed by atoms with E-state index in [-0.39, 0.29) is 6.42 Å². The van der Waals surface area contributed by atoms with Gasteiger partial charge in [-0.2, -0.15) is 0 Å². The van der Waals surface area contributed by atoms with E-state index in [1.165, 1.54) is 13.0 Å². The Bertz CT molecular complexity index is 257. The molecule has 0 radical (unpaired) electrons. The van der Waals surface area contributed by atoms with Gasteiger partial charge in [0.2, 0.25) is 5.79 Å². The molecule has 12 heavy (non-hydrogen) atoms. The second-order valence-corrected chi connectivity index (χ2v) is 3.48. The first-order chi connectivity index (χ1) is 5.52. The van der Waals surface area contributed by atoms with Crippen LogP contribution in [0.4, 0.5) is 0 Å². The summed E-state index contributed by atoms with van der Waals surface area (Å²) in [6, 6.07) is 0. The highest BCUT2D eigenvalue weighted by molar-refractivity contribution is 9.11. The molecule has 0 fully saturated rings. The third-order valence-electron chi connectivity index (χ3n) is 1.41. The number of carbonyl (C=O) groups excluding carboxylic acids is 1. The van der Waals surface area contributed by atoms with Crippen molar-refractivity contribution in [1.82, 2.24) is 0 Å². The van der Waals surface area contributed by atoms with Gasteiger partial charge in [-0.25, -0.2) is 0 Å². The number of hydrogen-bond donors (Lipinski definition) is 1. The van der Waals surface area contributed by atoms with Crippen molar-refractivity contribution >= 4 is 21.9 Å². The Morgan fingerprint density at radius 1 is 1.83 bits per heavy atom. The van der Waals surface area contributed by atoms with Crippen LogP contribution in [0.5, 0.6) is 0 Å². The lowest BCUT2D eigenvalue weighted by Gasteiger charge is -2.24. The molecule has 1 rings (SSSR count). The minimum atomic E-state index is -1.46. The topological polar surface area (TPSA) is 46.5 Å². The molecule has 0 aromatic heterocycles. The van der Waals surface area contributed by atoms with Gasteiger partial charge in [-0.15, -0.1) is 0 Å². The molecule has 1 aliphatic rings. The van der Waals surface area contributed by atoms with Crippen molar-refractivity contribution in [2.24, 2.45) is 0 Å². The van der Waals surface area contributed by atoms with Gasteiger partial charge >= 0.3 is 5.97 Å². The minimum Gasteiger partial charge on any atom is -0.429 e. The standard InChI is InChI=1S/C8H9BrO3/c1-6(10)12-8(11)4-2-7(9)3-5-8/h2-4,11H,5H2,1H3/t8-/m0/s1. The number of rotatable bonds is 1. The molecule has 0 aliphatic heterocycles. The first-order valence-corrected chi connectivity index (χ1v) is 4.28. The van der Waals surface area contributed by atoms with Crippen molar-refractivity contribution in [1.29, 1.82) is 0 Å². The van der Waals surface area contributed by atoms with Gasteiger partial charge in [-0.05, 0) is 12.2 Å². The molecule has 0 unspecified atom stereocenters.